The number of rotatable bonds is 6. The van der Waals surface area contributed by atoms with Crippen molar-refractivity contribution in [2.24, 2.45) is 0 Å². The Morgan fingerprint density at radius 2 is 0.575 bits per heavy atom. The van der Waals surface area contributed by atoms with Gasteiger partial charge in [0.25, 0.3) is 0 Å². The molecule has 0 unspecified atom stereocenters. The topological polar surface area (TPSA) is 63.3 Å². The van der Waals surface area contributed by atoms with E-state index in [9.17, 15) is 10.5 Å². The molecular weight excluding hydrogens is 889 g/mol. The summed E-state index contributed by atoms with van der Waals surface area (Å²) in [5.74, 6) is 0. The van der Waals surface area contributed by atoms with Crippen molar-refractivity contribution >= 4 is 34.1 Å². The number of hydrogen-bond acceptors (Lipinski definition) is 5. The summed E-state index contributed by atoms with van der Waals surface area (Å²) in [6.45, 7) is 17.4. The highest BCUT2D eigenvalue weighted by molar-refractivity contribution is 6.03. The Kier molecular flexibility index (Phi) is 10.3. The summed E-state index contributed by atoms with van der Waals surface area (Å²) in [5, 5.41) is 24.3. The van der Waals surface area contributed by atoms with E-state index in [4.69, 9.17) is 4.74 Å². The van der Waals surface area contributed by atoms with Crippen LogP contribution in [-0.4, -0.2) is 0 Å². The largest absolute Gasteiger partial charge is 0.360 e. The molecule has 0 atom stereocenters. The molecule has 0 radical (unpaired) electrons. The van der Waals surface area contributed by atoms with Crippen LogP contribution >= 0.6 is 0 Å². The predicted molar refractivity (Wildman–Crippen MR) is 298 cm³/mol. The third kappa shape index (κ3) is 6.98. The zero-order valence-electron chi connectivity index (χ0n) is 42.7. The number of fused-ring (bicyclic) bond motifs is 5. The SMILES string of the molecule is CC1(C)OC(C)(C)c2c(C#N)c(N3c4ccc(-c5ccccc5)cc4C(C)(C)c4cc(-c5ccccc5)ccc43)c(N3c4ccc(-c5ccccc5)cc4C(C)(C)c4cc(-c5ccccc5)ccc43)c(C#N)c21. The molecule has 9 aromatic rings. The maximum atomic E-state index is 12.2. The molecule has 0 spiro atoms. The van der Waals surface area contributed by atoms with Gasteiger partial charge in [0.1, 0.15) is 12.1 Å². The summed E-state index contributed by atoms with van der Waals surface area (Å²) in [6, 6.07) is 74.9. The van der Waals surface area contributed by atoms with Crippen LogP contribution in [0.4, 0.5) is 34.1 Å². The van der Waals surface area contributed by atoms with Gasteiger partial charge in [0.15, 0.2) is 0 Å². The molecule has 9 aromatic carbocycles. The second-order valence-electron chi connectivity index (χ2n) is 21.9. The van der Waals surface area contributed by atoms with Gasteiger partial charge in [-0.2, -0.15) is 10.5 Å². The van der Waals surface area contributed by atoms with E-state index in [-0.39, 0.29) is 0 Å². The van der Waals surface area contributed by atoms with Crippen LogP contribution in [0.25, 0.3) is 44.5 Å². The van der Waals surface area contributed by atoms with Gasteiger partial charge in [-0.25, -0.2) is 0 Å². The van der Waals surface area contributed by atoms with Gasteiger partial charge >= 0.3 is 0 Å². The molecule has 5 nitrogen and oxygen atoms in total. The zero-order chi connectivity index (χ0) is 50.6. The summed E-state index contributed by atoms with van der Waals surface area (Å²) in [7, 11) is 0. The van der Waals surface area contributed by atoms with Crippen LogP contribution in [0.15, 0.2) is 194 Å². The van der Waals surface area contributed by atoms with Crippen molar-refractivity contribution in [3.05, 3.63) is 239 Å². The van der Waals surface area contributed by atoms with Crippen LogP contribution in [0.3, 0.4) is 0 Å². The molecule has 0 saturated heterocycles. The van der Waals surface area contributed by atoms with Gasteiger partial charge in [0.05, 0.1) is 56.5 Å². The van der Waals surface area contributed by atoms with Crippen molar-refractivity contribution in [3.8, 4) is 56.6 Å². The van der Waals surface area contributed by atoms with Crippen molar-refractivity contribution in [2.45, 2.75) is 77.4 Å². The van der Waals surface area contributed by atoms with Crippen molar-refractivity contribution in [3.63, 3.8) is 0 Å². The lowest BCUT2D eigenvalue weighted by Crippen LogP contribution is -2.34. The van der Waals surface area contributed by atoms with E-state index in [1.807, 2.05) is 27.7 Å². The lowest BCUT2D eigenvalue weighted by Gasteiger charge is -2.47. The van der Waals surface area contributed by atoms with E-state index < -0.39 is 22.0 Å². The van der Waals surface area contributed by atoms with E-state index in [1.54, 1.807) is 0 Å². The second-order valence-corrected chi connectivity index (χ2v) is 21.9. The summed E-state index contributed by atoms with van der Waals surface area (Å²) >= 11 is 0. The molecule has 0 aliphatic carbocycles. The van der Waals surface area contributed by atoms with Gasteiger partial charge in [-0.3, -0.25) is 0 Å². The lowest BCUT2D eigenvalue weighted by atomic mass is 9.71. The smallest absolute Gasteiger partial charge is 0.102 e. The molecule has 0 N–H and O–H groups in total. The van der Waals surface area contributed by atoms with Crippen LogP contribution in [0.5, 0.6) is 0 Å². The van der Waals surface area contributed by atoms with Crippen LogP contribution < -0.4 is 9.80 Å². The molecule has 0 fully saturated rings. The van der Waals surface area contributed by atoms with E-state index in [1.165, 1.54) is 0 Å². The Hall–Kier alpha value is -8.48. The summed E-state index contributed by atoms with van der Waals surface area (Å²) in [6.07, 6.45) is 0. The molecule has 3 heterocycles. The minimum Gasteiger partial charge on any atom is -0.360 e. The molecule has 5 heteroatoms. The van der Waals surface area contributed by atoms with E-state index >= 15 is 0 Å². The number of nitrogens with zero attached hydrogens (tertiary/aromatic N) is 4. The fourth-order valence-electron chi connectivity index (χ4n) is 12.5. The van der Waals surface area contributed by atoms with E-state index in [0.29, 0.717) is 22.5 Å². The highest BCUT2D eigenvalue weighted by Crippen LogP contribution is 2.64. The van der Waals surface area contributed by atoms with Gasteiger partial charge in [-0.05, 0) is 143 Å². The van der Waals surface area contributed by atoms with E-state index in [0.717, 1.165) is 101 Å². The van der Waals surface area contributed by atoms with Gasteiger partial charge < -0.3 is 14.5 Å². The summed E-state index contributed by atoms with van der Waals surface area (Å²) in [5.41, 5.74) is 17.9. The number of ether oxygens (including phenoxy) is 1. The minimum absolute atomic E-state index is 0.477. The van der Waals surface area contributed by atoms with E-state index in [2.05, 4.69) is 244 Å². The highest BCUT2D eigenvalue weighted by Gasteiger charge is 2.52. The Bertz CT molecular complexity index is 3350. The van der Waals surface area contributed by atoms with Crippen LogP contribution in [0, 0.1) is 22.7 Å². The van der Waals surface area contributed by atoms with Crippen LogP contribution in [0.2, 0.25) is 0 Å². The molecule has 0 aromatic heterocycles. The molecule has 0 bridgehead atoms. The van der Waals surface area contributed by atoms with Gasteiger partial charge in [0.2, 0.25) is 0 Å². The maximum Gasteiger partial charge on any atom is 0.102 e. The normalized spacial score (nSPS) is 16.0. The first-order valence-corrected chi connectivity index (χ1v) is 25.3. The lowest BCUT2D eigenvalue weighted by molar-refractivity contribution is -0.105. The van der Waals surface area contributed by atoms with Crippen molar-refractivity contribution in [1.29, 1.82) is 10.5 Å². The molecule has 3 aliphatic heterocycles. The first-order valence-electron chi connectivity index (χ1n) is 25.3. The van der Waals surface area contributed by atoms with Crippen molar-refractivity contribution < 1.29 is 4.74 Å². The fourth-order valence-corrected chi connectivity index (χ4v) is 12.5. The Morgan fingerprint density at radius 3 is 0.808 bits per heavy atom. The van der Waals surface area contributed by atoms with Gasteiger partial charge in [-0.15, -0.1) is 0 Å². The second kappa shape index (κ2) is 16.5. The third-order valence-corrected chi connectivity index (χ3v) is 15.9. The molecule has 354 valence electrons. The molecule has 73 heavy (non-hydrogen) atoms. The Labute approximate surface area is 429 Å². The quantitative estimate of drug-likeness (QED) is 0.166. The average Bonchev–Trinajstić information content (AvgIpc) is 3.61. The van der Waals surface area contributed by atoms with Crippen LogP contribution in [0.1, 0.15) is 99.9 Å². The highest BCUT2D eigenvalue weighted by atomic mass is 16.5. The van der Waals surface area contributed by atoms with Crippen LogP contribution in [-0.2, 0) is 26.8 Å². The third-order valence-electron chi connectivity index (χ3n) is 15.9. The number of benzene rings is 9. The summed E-state index contributed by atoms with van der Waals surface area (Å²) in [4.78, 5) is 4.62. The molecule has 0 saturated carbocycles. The zero-order valence-corrected chi connectivity index (χ0v) is 42.7. The molecular formula is C68H56N4O. The van der Waals surface area contributed by atoms with Crippen molar-refractivity contribution in [2.75, 3.05) is 9.80 Å². The first kappa shape index (κ1) is 45.6. The molecule has 12 rings (SSSR count). The van der Waals surface area contributed by atoms with Gasteiger partial charge in [-0.1, -0.05) is 173 Å². The minimum atomic E-state index is -0.924. The number of hydrogen-bond donors (Lipinski definition) is 0. The van der Waals surface area contributed by atoms with Crippen molar-refractivity contribution in [1.82, 2.24) is 0 Å². The monoisotopic (exact) mass is 944 g/mol. The predicted octanol–water partition coefficient (Wildman–Crippen LogP) is 17.8. The standard InChI is InChI=1S/C68H56N4O/c1-65(2)53-37-47(43-21-13-9-14-22-43)29-33-57(53)71(58-34-30-48(38-54(58)65)44-23-15-10-16-24-44)63-51(41-69)61-62(68(7,8)73-67(61,5)6)52(42-70)64(63)72-59-35-31-49(45-25-17-11-18-26-45)39-55(59)66(3,4)56-40-50(32-36-60(56)72)46-27-19-12-20-28-46/h9-40H,1-8H3. The fraction of sp³-hybridized carbons (Fsp3) is 0.176. The number of nitriles is 2. The Morgan fingerprint density at radius 1 is 0.329 bits per heavy atom. The average molecular weight is 945 g/mol. The van der Waals surface area contributed by atoms with Gasteiger partial charge in [0, 0.05) is 22.0 Å². The molecule has 0 amide bonds. The summed E-state index contributed by atoms with van der Waals surface area (Å²) < 4.78 is 7.04. The Balaban J connectivity index is 1.24. The number of anilines is 6. The maximum absolute atomic E-state index is 12.2. The first-order chi connectivity index (χ1) is 35.1. The molecule has 3 aliphatic rings.